The van der Waals surface area contributed by atoms with E-state index in [0.717, 1.165) is 5.56 Å². The average Bonchev–Trinajstić information content (AvgIpc) is 2.75. The van der Waals surface area contributed by atoms with E-state index in [0.29, 0.717) is 45.3 Å². The summed E-state index contributed by atoms with van der Waals surface area (Å²) in [7, 11) is 0. The molecule has 174 valence electrons. The molecule has 0 aliphatic carbocycles. The summed E-state index contributed by atoms with van der Waals surface area (Å²) in [6.07, 6.45) is 0.486. The van der Waals surface area contributed by atoms with Crippen molar-refractivity contribution in [3.63, 3.8) is 0 Å². The second kappa shape index (κ2) is 13.3. The van der Waals surface area contributed by atoms with Gasteiger partial charge in [0.25, 0.3) is 0 Å². The molecule has 1 atom stereocenters. The Balaban J connectivity index is 2.18. The van der Waals surface area contributed by atoms with Gasteiger partial charge in [0.15, 0.2) is 0 Å². The number of carbonyl (C=O) groups excluding carboxylic acids is 2. The van der Waals surface area contributed by atoms with Crippen molar-refractivity contribution in [2.45, 2.75) is 45.5 Å². The van der Waals surface area contributed by atoms with Crippen LogP contribution in [0.1, 0.15) is 38.3 Å². The minimum atomic E-state index is -0.607. The normalized spacial score (nSPS) is 12.0. The van der Waals surface area contributed by atoms with Crippen molar-refractivity contribution in [3.8, 4) is 0 Å². The minimum Gasteiger partial charge on any atom is -0.354 e. The van der Waals surface area contributed by atoms with Gasteiger partial charge in [0.2, 0.25) is 11.8 Å². The van der Waals surface area contributed by atoms with Crippen LogP contribution in [-0.4, -0.2) is 35.1 Å². The van der Waals surface area contributed by atoms with Crippen LogP contribution in [0.5, 0.6) is 0 Å². The zero-order chi connectivity index (χ0) is 23.7. The molecule has 32 heavy (non-hydrogen) atoms. The maximum Gasteiger partial charge on any atom is 0.242 e. The fourth-order valence-electron chi connectivity index (χ4n) is 3.12. The number of hydrogen-bond donors (Lipinski definition) is 1. The number of thioether (sulfide) groups is 1. The standard InChI is InChI=1S/C24H29Cl3N2O2S/c1-4-22(24(31)28-12-16(2)3)29(13-19-20(26)6-5-7-21(19)27)23(30)15-32-14-17-8-10-18(25)11-9-17/h5-11,16,22H,4,12-15H2,1-3H3,(H,28,31)/t22-/m0/s1. The van der Waals surface area contributed by atoms with Crippen molar-refractivity contribution in [1.82, 2.24) is 10.2 Å². The summed E-state index contributed by atoms with van der Waals surface area (Å²) in [5.41, 5.74) is 1.72. The Hall–Kier alpha value is -1.40. The second-order valence-corrected chi connectivity index (χ2v) is 10.1. The first-order valence-electron chi connectivity index (χ1n) is 10.5. The molecule has 0 saturated heterocycles. The summed E-state index contributed by atoms with van der Waals surface area (Å²) >= 11 is 20.2. The molecule has 0 saturated carbocycles. The number of rotatable bonds is 11. The van der Waals surface area contributed by atoms with E-state index in [4.69, 9.17) is 34.8 Å². The molecule has 0 radical (unpaired) electrons. The van der Waals surface area contributed by atoms with Crippen LogP contribution in [0.2, 0.25) is 15.1 Å². The first-order chi connectivity index (χ1) is 15.2. The third-order valence-electron chi connectivity index (χ3n) is 4.87. The Morgan fingerprint density at radius 3 is 2.22 bits per heavy atom. The second-order valence-electron chi connectivity index (χ2n) is 7.90. The van der Waals surface area contributed by atoms with Crippen molar-refractivity contribution in [2.24, 2.45) is 5.92 Å². The molecule has 2 aromatic rings. The molecule has 0 fully saturated rings. The van der Waals surface area contributed by atoms with Crippen LogP contribution in [0.15, 0.2) is 42.5 Å². The summed E-state index contributed by atoms with van der Waals surface area (Å²) < 4.78 is 0. The van der Waals surface area contributed by atoms with Crippen LogP contribution in [0, 0.1) is 5.92 Å². The summed E-state index contributed by atoms with van der Waals surface area (Å²) in [5.74, 6) is 0.916. The Bertz CT molecular complexity index is 886. The largest absolute Gasteiger partial charge is 0.354 e. The van der Waals surface area contributed by atoms with Crippen LogP contribution in [0.3, 0.4) is 0 Å². The predicted octanol–water partition coefficient (Wildman–Crippen LogP) is 6.46. The highest BCUT2D eigenvalue weighted by Gasteiger charge is 2.29. The van der Waals surface area contributed by atoms with Gasteiger partial charge in [0.05, 0.1) is 5.75 Å². The van der Waals surface area contributed by atoms with Crippen molar-refractivity contribution in [2.75, 3.05) is 12.3 Å². The van der Waals surface area contributed by atoms with Crippen LogP contribution in [0.4, 0.5) is 0 Å². The van der Waals surface area contributed by atoms with E-state index in [-0.39, 0.29) is 24.1 Å². The van der Waals surface area contributed by atoms with E-state index in [1.807, 2.05) is 45.0 Å². The Kier molecular flexibility index (Phi) is 11.2. The summed E-state index contributed by atoms with van der Waals surface area (Å²) in [6.45, 7) is 6.68. The summed E-state index contributed by atoms with van der Waals surface area (Å²) in [4.78, 5) is 27.8. The molecule has 0 unspecified atom stereocenters. The highest BCUT2D eigenvalue weighted by molar-refractivity contribution is 7.99. The molecule has 2 amide bonds. The van der Waals surface area contributed by atoms with Gasteiger partial charge in [-0.1, -0.05) is 73.8 Å². The van der Waals surface area contributed by atoms with Crippen molar-refractivity contribution < 1.29 is 9.59 Å². The Labute approximate surface area is 210 Å². The number of nitrogens with one attached hydrogen (secondary N) is 1. The molecule has 1 N–H and O–H groups in total. The highest BCUT2D eigenvalue weighted by atomic mass is 35.5. The van der Waals surface area contributed by atoms with Gasteiger partial charge >= 0.3 is 0 Å². The molecule has 0 aliphatic heterocycles. The zero-order valence-corrected chi connectivity index (χ0v) is 21.6. The smallest absolute Gasteiger partial charge is 0.242 e. The summed E-state index contributed by atoms with van der Waals surface area (Å²) in [6, 6.07) is 12.2. The SMILES string of the molecule is CC[C@@H](C(=O)NCC(C)C)N(Cc1c(Cl)cccc1Cl)C(=O)CSCc1ccc(Cl)cc1. The molecule has 0 spiro atoms. The fourth-order valence-corrected chi connectivity index (χ4v) is 4.63. The first kappa shape index (κ1) is 26.8. The number of hydrogen-bond acceptors (Lipinski definition) is 3. The molecule has 0 aliphatic rings. The van der Waals surface area contributed by atoms with E-state index >= 15 is 0 Å². The number of benzene rings is 2. The van der Waals surface area contributed by atoms with Crippen LogP contribution in [0.25, 0.3) is 0 Å². The van der Waals surface area contributed by atoms with Gasteiger partial charge in [-0.25, -0.2) is 0 Å². The fraction of sp³-hybridized carbons (Fsp3) is 0.417. The van der Waals surface area contributed by atoms with E-state index < -0.39 is 6.04 Å². The Morgan fingerprint density at radius 1 is 1.03 bits per heavy atom. The topological polar surface area (TPSA) is 49.4 Å². The lowest BCUT2D eigenvalue weighted by Gasteiger charge is -2.31. The first-order valence-corrected chi connectivity index (χ1v) is 12.8. The van der Waals surface area contributed by atoms with E-state index in [1.54, 1.807) is 23.1 Å². The van der Waals surface area contributed by atoms with Crippen molar-refractivity contribution >= 4 is 58.4 Å². The lowest BCUT2D eigenvalue weighted by Crippen LogP contribution is -2.50. The summed E-state index contributed by atoms with van der Waals surface area (Å²) in [5, 5.41) is 4.58. The molecular formula is C24H29Cl3N2O2S. The molecule has 2 aromatic carbocycles. The number of nitrogens with zero attached hydrogens (tertiary/aromatic N) is 1. The zero-order valence-electron chi connectivity index (χ0n) is 18.5. The predicted molar refractivity (Wildman–Crippen MR) is 137 cm³/mol. The van der Waals surface area contributed by atoms with Gasteiger partial charge in [-0.15, -0.1) is 11.8 Å². The van der Waals surface area contributed by atoms with E-state index in [1.165, 1.54) is 11.8 Å². The molecule has 0 bridgehead atoms. The van der Waals surface area contributed by atoms with Crippen LogP contribution >= 0.6 is 46.6 Å². The minimum absolute atomic E-state index is 0.133. The van der Waals surface area contributed by atoms with Gasteiger partial charge < -0.3 is 10.2 Å². The third kappa shape index (κ3) is 8.18. The van der Waals surface area contributed by atoms with Crippen molar-refractivity contribution in [3.05, 3.63) is 68.7 Å². The van der Waals surface area contributed by atoms with Gasteiger partial charge in [-0.2, -0.15) is 0 Å². The molecule has 0 aromatic heterocycles. The molecule has 8 heteroatoms. The van der Waals surface area contributed by atoms with Gasteiger partial charge in [0, 0.05) is 39.5 Å². The van der Waals surface area contributed by atoms with Crippen LogP contribution in [-0.2, 0) is 21.9 Å². The maximum atomic E-state index is 13.3. The number of amides is 2. The maximum absolute atomic E-state index is 13.3. The molecular weight excluding hydrogens is 487 g/mol. The number of carbonyl (C=O) groups is 2. The van der Waals surface area contributed by atoms with Gasteiger partial charge in [-0.05, 0) is 42.2 Å². The molecule has 4 nitrogen and oxygen atoms in total. The molecule has 0 heterocycles. The molecule has 2 rings (SSSR count). The number of halogens is 3. The lowest BCUT2D eigenvalue weighted by atomic mass is 10.1. The lowest BCUT2D eigenvalue weighted by molar-refractivity contribution is -0.139. The quantitative estimate of drug-likeness (QED) is 0.373. The van der Waals surface area contributed by atoms with Crippen LogP contribution < -0.4 is 5.32 Å². The van der Waals surface area contributed by atoms with Crippen molar-refractivity contribution in [1.29, 1.82) is 0 Å². The van der Waals surface area contributed by atoms with Gasteiger partial charge in [0.1, 0.15) is 6.04 Å². The van der Waals surface area contributed by atoms with E-state index in [2.05, 4.69) is 5.32 Å². The van der Waals surface area contributed by atoms with Gasteiger partial charge in [-0.3, -0.25) is 9.59 Å². The third-order valence-corrected chi connectivity index (χ3v) is 6.82. The average molecular weight is 516 g/mol. The van der Waals surface area contributed by atoms with E-state index in [9.17, 15) is 9.59 Å². The monoisotopic (exact) mass is 514 g/mol. The Morgan fingerprint density at radius 2 is 1.66 bits per heavy atom. The highest BCUT2D eigenvalue weighted by Crippen LogP contribution is 2.27.